The lowest BCUT2D eigenvalue weighted by Gasteiger charge is -2.43. The second-order valence-electron chi connectivity index (χ2n) is 15.7. The number of para-hydroxylation sites is 1. The molecule has 1 nitrogen and oxygen atoms in total. The van der Waals surface area contributed by atoms with E-state index in [9.17, 15) is 0 Å². The van der Waals surface area contributed by atoms with Crippen LogP contribution in [-0.4, -0.2) is 0 Å². The van der Waals surface area contributed by atoms with Gasteiger partial charge in [-0.05, 0) is 114 Å². The highest BCUT2D eigenvalue weighted by molar-refractivity contribution is 6.03. The zero-order valence-electron chi connectivity index (χ0n) is 30.3. The quantitative estimate of drug-likeness (QED) is 0.180. The van der Waals surface area contributed by atoms with E-state index in [2.05, 4.69) is 202 Å². The molecule has 8 aromatic carbocycles. The molecule has 0 fully saturated rings. The number of benzene rings is 8. The fourth-order valence-electron chi connectivity index (χ4n) is 10.4. The summed E-state index contributed by atoms with van der Waals surface area (Å²) < 4.78 is 0. The molecule has 11 rings (SSSR count). The average Bonchev–Trinajstić information content (AvgIpc) is 3.63. The van der Waals surface area contributed by atoms with Gasteiger partial charge in [-0.2, -0.15) is 0 Å². The molecule has 0 aromatic heterocycles. The molecule has 1 spiro atoms. The summed E-state index contributed by atoms with van der Waals surface area (Å²) in [5.74, 6) is 0.225. The molecule has 53 heavy (non-hydrogen) atoms. The summed E-state index contributed by atoms with van der Waals surface area (Å²) in [5.41, 5.74) is 19.5. The van der Waals surface area contributed by atoms with Gasteiger partial charge in [0.2, 0.25) is 0 Å². The summed E-state index contributed by atoms with van der Waals surface area (Å²) in [5, 5.41) is 2.61. The van der Waals surface area contributed by atoms with Crippen molar-refractivity contribution in [2.75, 3.05) is 4.90 Å². The van der Waals surface area contributed by atoms with Crippen LogP contribution in [0.4, 0.5) is 17.1 Å². The minimum Gasteiger partial charge on any atom is -0.310 e. The fourth-order valence-corrected chi connectivity index (χ4v) is 10.4. The second kappa shape index (κ2) is 10.9. The summed E-state index contributed by atoms with van der Waals surface area (Å²) in [4.78, 5) is 2.47. The van der Waals surface area contributed by atoms with Gasteiger partial charge >= 0.3 is 0 Å². The van der Waals surface area contributed by atoms with Crippen molar-refractivity contribution in [1.82, 2.24) is 0 Å². The highest BCUT2D eigenvalue weighted by atomic mass is 15.1. The first-order valence-corrected chi connectivity index (χ1v) is 18.9. The first-order chi connectivity index (χ1) is 26.0. The van der Waals surface area contributed by atoms with Gasteiger partial charge in [0.1, 0.15) is 0 Å². The highest BCUT2D eigenvalue weighted by Gasteiger charge is 2.51. The van der Waals surface area contributed by atoms with Gasteiger partial charge in [0.25, 0.3) is 0 Å². The lowest BCUT2D eigenvalue weighted by Crippen LogP contribution is -2.35. The Morgan fingerprint density at radius 3 is 1.74 bits per heavy atom. The van der Waals surface area contributed by atoms with Gasteiger partial charge in [-0.1, -0.05) is 160 Å². The number of hydrogen-bond donors (Lipinski definition) is 0. The van der Waals surface area contributed by atoms with E-state index in [-0.39, 0.29) is 16.7 Å². The molecule has 3 aliphatic rings. The van der Waals surface area contributed by atoms with Gasteiger partial charge in [-0.15, -0.1) is 0 Å². The third-order valence-corrected chi connectivity index (χ3v) is 12.8. The summed E-state index contributed by atoms with van der Waals surface area (Å²) in [6.45, 7) is 7.14. The lowest BCUT2D eigenvalue weighted by atomic mass is 9.59. The van der Waals surface area contributed by atoms with Gasteiger partial charge in [-0.25, -0.2) is 0 Å². The minimum absolute atomic E-state index is 0.0817. The van der Waals surface area contributed by atoms with Crippen molar-refractivity contribution in [2.24, 2.45) is 0 Å². The molecule has 1 heteroatoms. The number of rotatable bonds is 3. The molecule has 0 bridgehead atoms. The van der Waals surface area contributed by atoms with Crippen LogP contribution in [0.1, 0.15) is 71.2 Å². The maximum atomic E-state index is 2.49. The molecule has 252 valence electrons. The molecule has 0 N–H and O–H groups in total. The minimum atomic E-state index is -0.383. The van der Waals surface area contributed by atoms with Crippen LogP contribution >= 0.6 is 0 Å². The van der Waals surface area contributed by atoms with Crippen molar-refractivity contribution in [3.05, 3.63) is 220 Å². The van der Waals surface area contributed by atoms with Crippen LogP contribution in [0.5, 0.6) is 0 Å². The molecule has 0 aliphatic heterocycles. The van der Waals surface area contributed by atoms with E-state index in [4.69, 9.17) is 0 Å². The molecule has 8 aromatic rings. The number of fused-ring (bicyclic) bond motifs is 14. The summed E-state index contributed by atoms with van der Waals surface area (Å²) in [6.07, 6.45) is 0. The van der Waals surface area contributed by atoms with Crippen molar-refractivity contribution in [1.29, 1.82) is 0 Å². The Balaban J connectivity index is 1.16. The molecule has 3 aliphatic carbocycles. The van der Waals surface area contributed by atoms with Crippen LogP contribution in [0, 0.1) is 0 Å². The maximum absolute atomic E-state index is 2.49. The third-order valence-electron chi connectivity index (χ3n) is 12.8. The number of nitrogens with zero attached hydrogens (tertiary/aromatic N) is 1. The van der Waals surface area contributed by atoms with E-state index in [1.807, 2.05) is 0 Å². The van der Waals surface area contributed by atoms with Crippen LogP contribution < -0.4 is 4.90 Å². The largest absolute Gasteiger partial charge is 0.310 e. The average molecular weight is 678 g/mol. The smallest absolute Gasteiger partial charge is 0.0719 e. The first-order valence-electron chi connectivity index (χ1n) is 18.9. The van der Waals surface area contributed by atoms with Gasteiger partial charge in [-0.3, -0.25) is 0 Å². The number of anilines is 3. The zero-order valence-corrected chi connectivity index (χ0v) is 30.3. The molecular weight excluding hydrogens is 639 g/mol. The first kappa shape index (κ1) is 30.4. The van der Waals surface area contributed by atoms with Crippen molar-refractivity contribution < 1.29 is 0 Å². The van der Waals surface area contributed by atoms with E-state index in [1.165, 1.54) is 88.9 Å². The monoisotopic (exact) mass is 677 g/mol. The zero-order chi connectivity index (χ0) is 35.5. The van der Waals surface area contributed by atoms with Crippen LogP contribution in [0.15, 0.2) is 176 Å². The van der Waals surface area contributed by atoms with E-state index in [1.54, 1.807) is 0 Å². The Morgan fingerprint density at radius 2 is 0.981 bits per heavy atom. The molecule has 1 atom stereocenters. The molecule has 0 heterocycles. The van der Waals surface area contributed by atoms with Crippen molar-refractivity contribution in [3.63, 3.8) is 0 Å². The van der Waals surface area contributed by atoms with Crippen molar-refractivity contribution >= 4 is 27.8 Å². The molecule has 0 saturated heterocycles. The third kappa shape index (κ3) is 3.97. The van der Waals surface area contributed by atoms with Gasteiger partial charge in [0, 0.05) is 28.4 Å². The Labute approximate surface area is 311 Å². The van der Waals surface area contributed by atoms with Crippen LogP contribution in [0.3, 0.4) is 0 Å². The van der Waals surface area contributed by atoms with E-state index >= 15 is 0 Å². The van der Waals surface area contributed by atoms with Crippen LogP contribution in [-0.2, 0) is 10.8 Å². The molecular formula is C52H39N. The summed E-state index contributed by atoms with van der Waals surface area (Å²) in [6, 6.07) is 66.2. The topological polar surface area (TPSA) is 3.24 Å². The van der Waals surface area contributed by atoms with Crippen molar-refractivity contribution in [2.45, 2.75) is 37.5 Å². The van der Waals surface area contributed by atoms with Crippen LogP contribution in [0.2, 0.25) is 0 Å². The maximum Gasteiger partial charge on any atom is 0.0719 e. The molecule has 0 radical (unpaired) electrons. The van der Waals surface area contributed by atoms with Gasteiger partial charge in [0.15, 0.2) is 0 Å². The lowest BCUT2D eigenvalue weighted by molar-refractivity contribution is 0.661. The summed E-state index contributed by atoms with van der Waals surface area (Å²) in [7, 11) is 0. The van der Waals surface area contributed by atoms with Gasteiger partial charge in [0.05, 0.1) is 5.41 Å². The predicted octanol–water partition coefficient (Wildman–Crippen LogP) is 13.4. The fraction of sp³-hybridized carbons (Fsp3) is 0.115. The Bertz CT molecular complexity index is 2740. The normalized spacial score (nSPS) is 16.3. The number of hydrogen-bond acceptors (Lipinski definition) is 1. The Hall–Kier alpha value is -6.18. The SMILES string of the molecule is CC1c2ccccc2C2(c3ccccc3-c3ccccc32)c2ccc(N(c3ccccc3)c3ccc4c(c3)-c3c(ccc5ccccc35)C4(C)C)cc21. The molecule has 1 unspecified atom stereocenters. The van der Waals surface area contributed by atoms with Crippen LogP contribution in [0.25, 0.3) is 33.0 Å². The molecule has 0 amide bonds. The van der Waals surface area contributed by atoms with Gasteiger partial charge < -0.3 is 4.90 Å². The highest BCUT2D eigenvalue weighted by Crippen LogP contribution is 2.61. The Kier molecular flexibility index (Phi) is 6.27. The van der Waals surface area contributed by atoms with E-state index in [0.717, 1.165) is 5.69 Å². The molecule has 0 saturated carbocycles. The standard InChI is InChI=1S/C52H39N/c1-33-38-18-9-12-22-45(38)52(46-23-13-10-20-40(46)41-21-11-14-24-47(41)52)48-30-27-36(31-42(33)48)53(35-16-5-4-6-17-35)37-26-29-44-43(32-37)50-39-19-8-7-15-34(39)25-28-49(50)51(44,2)3/h4-33H,1-3H3. The predicted molar refractivity (Wildman–Crippen MR) is 221 cm³/mol. The van der Waals surface area contributed by atoms with E-state index in [0.29, 0.717) is 0 Å². The van der Waals surface area contributed by atoms with E-state index < -0.39 is 0 Å². The van der Waals surface area contributed by atoms with Crippen molar-refractivity contribution in [3.8, 4) is 22.3 Å². The Morgan fingerprint density at radius 1 is 0.415 bits per heavy atom. The summed E-state index contributed by atoms with van der Waals surface area (Å²) >= 11 is 0. The second-order valence-corrected chi connectivity index (χ2v) is 15.7.